The second-order valence-corrected chi connectivity index (χ2v) is 12.6. The molecule has 2 heterocycles. The number of carbonyl (C=O) groups is 3. The first-order valence-corrected chi connectivity index (χ1v) is 14.3. The summed E-state index contributed by atoms with van der Waals surface area (Å²) in [5.74, 6) is 0.899. The minimum Gasteiger partial charge on any atom is -0.468 e. The van der Waals surface area contributed by atoms with E-state index in [1.165, 1.54) is 7.11 Å². The number of methoxy groups -OCH3 is 1. The van der Waals surface area contributed by atoms with Gasteiger partial charge in [0.15, 0.2) is 0 Å². The Labute approximate surface area is 223 Å². The highest BCUT2D eigenvalue weighted by atomic mass is 32.2. The Hall–Kier alpha value is -2.80. The highest BCUT2D eigenvalue weighted by Crippen LogP contribution is 2.55. The molecule has 2 saturated heterocycles. The van der Waals surface area contributed by atoms with E-state index in [0.717, 1.165) is 40.0 Å². The van der Waals surface area contributed by atoms with Gasteiger partial charge in [-0.1, -0.05) is 62.4 Å². The molecule has 6 nitrogen and oxygen atoms in total. The second kappa shape index (κ2) is 10.2. The van der Waals surface area contributed by atoms with Crippen LogP contribution in [-0.2, 0) is 25.7 Å². The Balaban J connectivity index is 1.56. The number of likely N-dealkylation sites (tertiary alicyclic amines) is 1. The first-order valence-electron chi connectivity index (χ1n) is 13.2. The van der Waals surface area contributed by atoms with E-state index < -0.39 is 11.3 Å². The van der Waals surface area contributed by atoms with Crippen molar-refractivity contribution in [2.45, 2.75) is 46.1 Å². The summed E-state index contributed by atoms with van der Waals surface area (Å²) in [5, 5.41) is 2.19. The summed E-state index contributed by atoms with van der Waals surface area (Å²) in [6, 6.07) is 14.3. The topological polar surface area (TPSA) is 66.9 Å². The van der Waals surface area contributed by atoms with Crippen LogP contribution in [-0.4, -0.2) is 59.3 Å². The van der Waals surface area contributed by atoms with Gasteiger partial charge in [0.2, 0.25) is 11.8 Å². The number of esters is 1. The Morgan fingerprint density at radius 2 is 1.81 bits per heavy atom. The number of carbonyl (C=O) groups excluding carboxylic acids is 3. The Morgan fingerprint density at radius 3 is 2.57 bits per heavy atom. The standard InChI is InChI=1S/C30H36N2O4S/c1-29(2)12-11-25-30(20-29,28(35)36-3)18-23(17-26(33)31-13-15-37-16-14-31)27(34)32(25)19-22-9-6-8-21-7-4-5-10-24(21)22/h4-11,23H,12-20H2,1-3H3/t23-,30-/m1/s1. The molecule has 0 unspecified atom stereocenters. The van der Waals surface area contributed by atoms with Crippen molar-refractivity contribution in [1.29, 1.82) is 0 Å². The molecule has 2 aromatic carbocycles. The normalized spacial score (nSPS) is 25.4. The van der Waals surface area contributed by atoms with E-state index in [1.807, 2.05) is 40.9 Å². The van der Waals surface area contributed by atoms with Crippen molar-refractivity contribution < 1.29 is 19.1 Å². The Bertz CT molecular complexity index is 1240. The first kappa shape index (κ1) is 25.8. The lowest BCUT2D eigenvalue weighted by atomic mass is 9.59. The Kier molecular flexibility index (Phi) is 7.10. The maximum atomic E-state index is 14.1. The molecule has 0 spiro atoms. The van der Waals surface area contributed by atoms with Gasteiger partial charge in [0.1, 0.15) is 5.41 Å². The number of piperidine rings is 1. The van der Waals surface area contributed by atoms with Gasteiger partial charge in [-0.25, -0.2) is 0 Å². The zero-order valence-electron chi connectivity index (χ0n) is 22.0. The smallest absolute Gasteiger partial charge is 0.317 e. The monoisotopic (exact) mass is 520 g/mol. The molecule has 0 radical (unpaired) electrons. The van der Waals surface area contributed by atoms with Crippen molar-refractivity contribution in [3.63, 3.8) is 0 Å². The Morgan fingerprint density at radius 1 is 1.08 bits per heavy atom. The van der Waals surface area contributed by atoms with Crippen LogP contribution in [0, 0.1) is 16.7 Å². The molecule has 0 saturated carbocycles. The fourth-order valence-corrected chi connectivity index (χ4v) is 7.37. The van der Waals surface area contributed by atoms with Gasteiger partial charge in [-0.2, -0.15) is 11.8 Å². The summed E-state index contributed by atoms with van der Waals surface area (Å²) in [5.41, 5.74) is 0.699. The van der Waals surface area contributed by atoms with Crippen LogP contribution >= 0.6 is 11.8 Å². The molecule has 0 N–H and O–H groups in total. The summed E-state index contributed by atoms with van der Waals surface area (Å²) in [7, 11) is 1.42. The molecular weight excluding hydrogens is 484 g/mol. The third kappa shape index (κ3) is 4.90. The van der Waals surface area contributed by atoms with Crippen LogP contribution in [0.1, 0.15) is 45.1 Å². The minimum atomic E-state index is -0.947. The molecule has 2 fully saturated rings. The molecular formula is C30H36N2O4S. The van der Waals surface area contributed by atoms with Gasteiger partial charge in [-0.05, 0) is 41.0 Å². The van der Waals surface area contributed by atoms with Gasteiger partial charge in [0.25, 0.3) is 0 Å². The molecule has 2 aromatic rings. The summed E-state index contributed by atoms with van der Waals surface area (Å²) >= 11 is 1.85. The molecule has 2 amide bonds. The first-order chi connectivity index (χ1) is 17.7. The van der Waals surface area contributed by atoms with Gasteiger partial charge in [-0.15, -0.1) is 0 Å². The number of nitrogens with zero attached hydrogens (tertiary/aromatic N) is 2. The van der Waals surface area contributed by atoms with Gasteiger partial charge < -0.3 is 14.5 Å². The number of hydrogen-bond acceptors (Lipinski definition) is 5. The molecule has 1 aliphatic carbocycles. The zero-order chi connectivity index (χ0) is 26.2. The maximum Gasteiger partial charge on any atom is 0.317 e. The lowest BCUT2D eigenvalue weighted by molar-refractivity contribution is -0.163. The highest BCUT2D eigenvalue weighted by Gasteiger charge is 2.57. The van der Waals surface area contributed by atoms with Crippen LogP contribution in [0.15, 0.2) is 54.2 Å². The quantitative estimate of drug-likeness (QED) is 0.518. The van der Waals surface area contributed by atoms with Crippen LogP contribution < -0.4 is 0 Å². The molecule has 37 heavy (non-hydrogen) atoms. The van der Waals surface area contributed by atoms with Crippen molar-refractivity contribution >= 4 is 40.3 Å². The lowest BCUT2D eigenvalue weighted by Gasteiger charge is -2.51. The van der Waals surface area contributed by atoms with E-state index in [1.54, 1.807) is 4.90 Å². The molecule has 0 bridgehead atoms. The van der Waals surface area contributed by atoms with Crippen LogP contribution in [0.25, 0.3) is 10.8 Å². The highest BCUT2D eigenvalue weighted by molar-refractivity contribution is 7.99. The zero-order valence-corrected chi connectivity index (χ0v) is 22.8. The molecule has 3 aliphatic rings. The number of benzene rings is 2. The van der Waals surface area contributed by atoms with Crippen molar-refractivity contribution in [3.05, 3.63) is 59.8 Å². The summed E-state index contributed by atoms with van der Waals surface area (Å²) in [6.45, 7) is 6.09. The van der Waals surface area contributed by atoms with Crippen molar-refractivity contribution in [3.8, 4) is 0 Å². The van der Waals surface area contributed by atoms with Crippen LogP contribution in [0.3, 0.4) is 0 Å². The van der Waals surface area contributed by atoms with E-state index in [9.17, 15) is 14.4 Å². The SMILES string of the molecule is COC(=O)[C@@]12C[C@@H](CC(=O)N3CCSCC3)C(=O)N(Cc3cccc4ccccc34)C1=CCC(C)(C)C2. The number of rotatable bonds is 5. The number of hydrogen-bond donors (Lipinski definition) is 0. The van der Waals surface area contributed by atoms with Crippen molar-refractivity contribution in [2.75, 3.05) is 31.7 Å². The summed E-state index contributed by atoms with van der Waals surface area (Å²) < 4.78 is 5.40. The predicted molar refractivity (Wildman–Crippen MR) is 147 cm³/mol. The molecule has 0 aromatic heterocycles. The van der Waals surface area contributed by atoms with Gasteiger partial charge in [0, 0.05) is 42.6 Å². The molecule has 196 valence electrons. The van der Waals surface area contributed by atoms with Gasteiger partial charge in [-0.3, -0.25) is 14.4 Å². The number of fused-ring (bicyclic) bond motifs is 2. The third-order valence-corrected chi connectivity index (χ3v) is 9.13. The van der Waals surface area contributed by atoms with Crippen LogP contribution in [0.5, 0.6) is 0 Å². The van der Waals surface area contributed by atoms with Crippen molar-refractivity contribution in [2.24, 2.45) is 16.7 Å². The average molecular weight is 521 g/mol. The predicted octanol–water partition coefficient (Wildman–Crippen LogP) is 5.02. The molecule has 2 atom stereocenters. The van der Waals surface area contributed by atoms with E-state index in [2.05, 4.69) is 38.1 Å². The van der Waals surface area contributed by atoms with E-state index in [0.29, 0.717) is 32.5 Å². The third-order valence-electron chi connectivity index (χ3n) is 8.19. The van der Waals surface area contributed by atoms with Gasteiger partial charge in [0.05, 0.1) is 13.7 Å². The molecule has 7 heteroatoms. The largest absolute Gasteiger partial charge is 0.468 e. The van der Waals surface area contributed by atoms with Crippen LogP contribution in [0.2, 0.25) is 0 Å². The van der Waals surface area contributed by atoms with E-state index in [-0.39, 0.29) is 29.6 Å². The molecule has 5 rings (SSSR count). The number of ether oxygens (including phenoxy) is 1. The fraction of sp³-hybridized carbons (Fsp3) is 0.500. The van der Waals surface area contributed by atoms with Crippen LogP contribution in [0.4, 0.5) is 0 Å². The average Bonchev–Trinajstić information content (AvgIpc) is 2.90. The lowest BCUT2D eigenvalue weighted by Crippen LogP contribution is -2.55. The second-order valence-electron chi connectivity index (χ2n) is 11.4. The van der Waals surface area contributed by atoms with E-state index >= 15 is 0 Å². The number of thioether (sulfide) groups is 1. The maximum absolute atomic E-state index is 14.1. The summed E-state index contributed by atoms with van der Waals surface area (Å²) in [4.78, 5) is 44.6. The van der Waals surface area contributed by atoms with E-state index in [4.69, 9.17) is 4.74 Å². The number of amides is 2. The minimum absolute atomic E-state index is 0.00581. The van der Waals surface area contributed by atoms with Gasteiger partial charge >= 0.3 is 5.97 Å². The molecule has 2 aliphatic heterocycles. The summed E-state index contributed by atoms with van der Waals surface area (Å²) in [6.07, 6.45) is 3.87. The fourth-order valence-electron chi connectivity index (χ4n) is 6.47. The number of allylic oxidation sites excluding steroid dienone is 1. The van der Waals surface area contributed by atoms with Crippen molar-refractivity contribution in [1.82, 2.24) is 9.80 Å².